The van der Waals surface area contributed by atoms with E-state index in [1.807, 2.05) is 53.8 Å². The van der Waals surface area contributed by atoms with Crippen LogP contribution in [0, 0.1) is 13.8 Å². The number of benzene rings is 1. The topological polar surface area (TPSA) is 67.7 Å². The van der Waals surface area contributed by atoms with Gasteiger partial charge in [-0.15, -0.1) is 0 Å². The van der Waals surface area contributed by atoms with Crippen molar-refractivity contribution in [3.05, 3.63) is 41.7 Å². The summed E-state index contributed by atoms with van der Waals surface area (Å²) in [5.41, 5.74) is 2.76. The van der Waals surface area contributed by atoms with E-state index in [4.69, 9.17) is 4.74 Å². The van der Waals surface area contributed by atoms with E-state index in [1.165, 1.54) is 4.90 Å². The first-order chi connectivity index (χ1) is 12.5. The Morgan fingerprint density at radius 3 is 2.88 bits per heavy atom. The Hall–Kier alpha value is -2.83. The molecular weight excluding hydrogens is 332 g/mol. The molecule has 0 spiro atoms. The Morgan fingerprint density at radius 2 is 2.12 bits per heavy atom. The molecule has 0 bridgehead atoms. The minimum atomic E-state index is -0.189. The van der Waals surface area contributed by atoms with Gasteiger partial charge in [-0.2, -0.15) is 5.10 Å². The van der Waals surface area contributed by atoms with Crippen LogP contribution in [0.25, 0.3) is 0 Å². The molecule has 1 aromatic carbocycles. The van der Waals surface area contributed by atoms with E-state index in [-0.39, 0.29) is 31.0 Å². The maximum Gasteiger partial charge on any atom is 0.265 e. The fourth-order valence-corrected chi connectivity index (χ4v) is 3.75. The van der Waals surface area contributed by atoms with Crippen LogP contribution >= 0.6 is 0 Å². The first kappa shape index (κ1) is 16.6. The molecule has 7 heteroatoms. The first-order valence-electron chi connectivity index (χ1n) is 8.85. The monoisotopic (exact) mass is 354 g/mol. The Labute approximate surface area is 152 Å². The van der Waals surface area contributed by atoms with Gasteiger partial charge in [0.05, 0.1) is 17.4 Å². The summed E-state index contributed by atoms with van der Waals surface area (Å²) in [5, 5.41) is 4.54. The fourth-order valence-electron chi connectivity index (χ4n) is 3.75. The van der Waals surface area contributed by atoms with Gasteiger partial charge < -0.3 is 9.64 Å². The number of carbonyl (C=O) groups excluding carboxylic acids is 2. The van der Waals surface area contributed by atoms with Gasteiger partial charge in [-0.1, -0.05) is 12.1 Å². The molecule has 0 saturated carbocycles. The van der Waals surface area contributed by atoms with Gasteiger partial charge in [-0.3, -0.25) is 19.2 Å². The number of ether oxygens (including phenoxy) is 1. The number of amides is 2. The standard InChI is InChI=1S/C19H22N4O3/c1-13-9-14(2)23(20-13)15-7-8-21(10-15)18(24)11-22-16-5-3-4-6-17(16)26-12-19(22)25/h3-6,9,15H,7-8,10-12H2,1-2H3/t15-/m1/s1. The van der Waals surface area contributed by atoms with Gasteiger partial charge in [0, 0.05) is 18.8 Å². The summed E-state index contributed by atoms with van der Waals surface area (Å²) in [6.07, 6.45) is 0.876. The number of hydrogen-bond acceptors (Lipinski definition) is 4. The first-order valence-corrected chi connectivity index (χ1v) is 8.85. The van der Waals surface area contributed by atoms with Crippen molar-refractivity contribution >= 4 is 17.5 Å². The van der Waals surface area contributed by atoms with Gasteiger partial charge in [0.1, 0.15) is 12.3 Å². The van der Waals surface area contributed by atoms with Crippen LogP contribution in [0.5, 0.6) is 5.75 Å². The van der Waals surface area contributed by atoms with E-state index in [2.05, 4.69) is 5.10 Å². The third kappa shape index (κ3) is 2.94. The molecule has 3 heterocycles. The molecule has 136 valence electrons. The zero-order valence-electron chi connectivity index (χ0n) is 15.0. The number of nitrogens with zero attached hydrogens (tertiary/aromatic N) is 4. The molecule has 2 aliphatic rings. The van der Waals surface area contributed by atoms with E-state index in [1.54, 1.807) is 0 Å². The highest BCUT2D eigenvalue weighted by Gasteiger charge is 2.32. The summed E-state index contributed by atoms with van der Waals surface area (Å²) in [5.74, 6) is 0.410. The lowest BCUT2D eigenvalue weighted by Crippen LogP contribution is -2.46. The molecule has 26 heavy (non-hydrogen) atoms. The van der Waals surface area contributed by atoms with Gasteiger partial charge in [-0.05, 0) is 38.5 Å². The predicted octanol–water partition coefficient (Wildman–Crippen LogP) is 1.70. The number of carbonyl (C=O) groups is 2. The number of likely N-dealkylation sites (tertiary alicyclic amines) is 1. The van der Waals surface area contributed by atoms with Crippen molar-refractivity contribution < 1.29 is 14.3 Å². The van der Waals surface area contributed by atoms with Crippen molar-refractivity contribution in [3.8, 4) is 5.75 Å². The molecule has 2 aliphatic heterocycles. The van der Waals surface area contributed by atoms with E-state index in [0.717, 1.165) is 17.8 Å². The zero-order chi connectivity index (χ0) is 18.3. The van der Waals surface area contributed by atoms with Gasteiger partial charge >= 0.3 is 0 Å². The van der Waals surface area contributed by atoms with E-state index in [0.29, 0.717) is 24.5 Å². The van der Waals surface area contributed by atoms with Crippen molar-refractivity contribution in [2.75, 3.05) is 31.1 Å². The zero-order valence-corrected chi connectivity index (χ0v) is 15.0. The minimum absolute atomic E-state index is 0.0291. The van der Waals surface area contributed by atoms with E-state index in [9.17, 15) is 9.59 Å². The van der Waals surface area contributed by atoms with Gasteiger partial charge in [0.25, 0.3) is 5.91 Å². The molecule has 0 radical (unpaired) electrons. The van der Waals surface area contributed by atoms with Gasteiger partial charge in [-0.25, -0.2) is 0 Å². The van der Waals surface area contributed by atoms with Crippen LogP contribution in [0.15, 0.2) is 30.3 Å². The number of para-hydroxylation sites is 2. The second-order valence-corrected chi connectivity index (χ2v) is 6.89. The second-order valence-electron chi connectivity index (χ2n) is 6.89. The van der Waals surface area contributed by atoms with E-state index >= 15 is 0 Å². The Morgan fingerprint density at radius 1 is 1.31 bits per heavy atom. The van der Waals surface area contributed by atoms with E-state index < -0.39 is 0 Å². The van der Waals surface area contributed by atoms with Crippen LogP contribution in [-0.4, -0.2) is 52.7 Å². The van der Waals surface area contributed by atoms with Gasteiger partial charge in [0.15, 0.2) is 6.61 Å². The molecule has 0 aliphatic carbocycles. The fraction of sp³-hybridized carbons (Fsp3) is 0.421. The molecule has 1 fully saturated rings. The lowest BCUT2D eigenvalue weighted by Gasteiger charge is -2.30. The predicted molar refractivity (Wildman–Crippen MR) is 96.2 cm³/mol. The van der Waals surface area contributed by atoms with Crippen molar-refractivity contribution in [3.63, 3.8) is 0 Å². The maximum absolute atomic E-state index is 12.8. The number of fused-ring (bicyclic) bond motifs is 1. The third-order valence-corrected chi connectivity index (χ3v) is 5.01. The van der Waals surface area contributed by atoms with Crippen molar-refractivity contribution in [1.82, 2.24) is 14.7 Å². The molecular formula is C19H22N4O3. The molecule has 1 atom stereocenters. The summed E-state index contributed by atoms with van der Waals surface area (Å²) >= 11 is 0. The van der Waals surface area contributed by atoms with Crippen LogP contribution in [0.2, 0.25) is 0 Å². The van der Waals surface area contributed by atoms with Crippen LogP contribution < -0.4 is 9.64 Å². The van der Waals surface area contributed by atoms with Crippen molar-refractivity contribution in [1.29, 1.82) is 0 Å². The molecule has 1 aromatic heterocycles. The second kappa shape index (κ2) is 6.48. The quantitative estimate of drug-likeness (QED) is 0.841. The summed E-state index contributed by atoms with van der Waals surface area (Å²) in [6.45, 7) is 5.33. The Bertz CT molecular complexity index is 860. The molecule has 0 N–H and O–H groups in total. The molecule has 0 unspecified atom stereocenters. The molecule has 2 amide bonds. The summed E-state index contributed by atoms with van der Waals surface area (Å²) < 4.78 is 7.45. The van der Waals surface area contributed by atoms with Crippen LogP contribution in [0.3, 0.4) is 0 Å². The lowest BCUT2D eigenvalue weighted by atomic mass is 10.2. The summed E-state index contributed by atoms with van der Waals surface area (Å²) in [4.78, 5) is 28.4. The smallest absolute Gasteiger partial charge is 0.265 e. The van der Waals surface area contributed by atoms with Crippen LogP contribution in [0.4, 0.5) is 5.69 Å². The number of rotatable bonds is 3. The maximum atomic E-state index is 12.8. The largest absolute Gasteiger partial charge is 0.482 e. The highest BCUT2D eigenvalue weighted by Crippen LogP contribution is 2.31. The lowest BCUT2D eigenvalue weighted by molar-refractivity contribution is -0.131. The number of aromatic nitrogens is 2. The summed E-state index contributed by atoms with van der Waals surface area (Å²) in [7, 11) is 0. The SMILES string of the molecule is Cc1cc(C)n([C@@H]2CCN(C(=O)CN3C(=O)COc4ccccc43)C2)n1. The number of hydrogen-bond donors (Lipinski definition) is 0. The minimum Gasteiger partial charge on any atom is -0.482 e. The third-order valence-electron chi connectivity index (χ3n) is 5.01. The van der Waals surface area contributed by atoms with Crippen LogP contribution in [-0.2, 0) is 9.59 Å². The molecule has 2 aromatic rings. The highest BCUT2D eigenvalue weighted by molar-refractivity contribution is 6.02. The summed E-state index contributed by atoms with van der Waals surface area (Å²) in [6, 6.07) is 9.56. The highest BCUT2D eigenvalue weighted by atomic mass is 16.5. The Balaban J connectivity index is 1.46. The molecule has 1 saturated heterocycles. The average molecular weight is 354 g/mol. The normalized spacial score (nSPS) is 19.5. The average Bonchev–Trinajstić information content (AvgIpc) is 3.23. The van der Waals surface area contributed by atoms with Crippen LogP contribution in [0.1, 0.15) is 23.9 Å². The molecule has 7 nitrogen and oxygen atoms in total. The van der Waals surface area contributed by atoms with Crippen molar-refractivity contribution in [2.24, 2.45) is 0 Å². The Kier molecular flexibility index (Phi) is 4.14. The number of anilines is 1. The number of aryl methyl sites for hydroxylation is 2. The van der Waals surface area contributed by atoms with Gasteiger partial charge in [0.2, 0.25) is 5.91 Å². The van der Waals surface area contributed by atoms with Crippen molar-refractivity contribution in [2.45, 2.75) is 26.3 Å². The molecule has 4 rings (SSSR count).